The summed E-state index contributed by atoms with van der Waals surface area (Å²) in [4.78, 5) is 24.2. The van der Waals surface area contributed by atoms with Gasteiger partial charge in [0.15, 0.2) is 0 Å². The third kappa shape index (κ3) is 4.61. The van der Waals surface area contributed by atoms with Crippen LogP contribution in [0.4, 0.5) is 11.4 Å². The number of benzene rings is 2. The quantitative estimate of drug-likeness (QED) is 0.736. The molecule has 0 aliphatic carbocycles. The molecule has 0 radical (unpaired) electrons. The summed E-state index contributed by atoms with van der Waals surface area (Å²) in [5.74, 6) is -0.854. The Hall–Kier alpha value is -3.07. The van der Waals surface area contributed by atoms with Crippen molar-refractivity contribution in [3.63, 3.8) is 0 Å². The first kappa shape index (κ1) is 19.7. The maximum atomic E-state index is 12.1. The number of methoxy groups -OCH3 is 1. The number of rotatable bonds is 5. The van der Waals surface area contributed by atoms with E-state index in [1.807, 2.05) is 0 Å². The van der Waals surface area contributed by atoms with Crippen molar-refractivity contribution < 1.29 is 22.7 Å². The highest BCUT2D eigenvalue weighted by atomic mass is 32.2. The minimum absolute atomic E-state index is 0.107. The lowest BCUT2D eigenvalue weighted by molar-refractivity contribution is -0.136. The van der Waals surface area contributed by atoms with Crippen LogP contribution in [-0.4, -0.2) is 39.6 Å². The van der Waals surface area contributed by atoms with Gasteiger partial charge in [0.1, 0.15) is 5.75 Å². The molecule has 2 amide bonds. The summed E-state index contributed by atoms with van der Waals surface area (Å²) in [7, 11) is -1.77. The number of nitrogens with zero attached hydrogens (tertiary/aromatic N) is 1. The molecule has 1 saturated heterocycles. The Morgan fingerprint density at radius 3 is 2.61 bits per heavy atom. The number of carbonyl (C=O) groups is 2. The number of carbonyl (C=O) groups excluding carboxylic acids is 2. The molecule has 1 heterocycles. The molecule has 2 N–H and O–H groups in total. The normalized spacial score (nSPS) is 15.1. The van der Waals surface area contributed by atoms with E-state index in [2.05, 4.69) is 10.6 Å². The molecule has 0 atom stereocenters. The Labute approximate surface area is 163 Å². The number of hydrogen-bond donors (Lipinski definition) is 2. The number of ether oxygens (including phenoxy) is 1. The minimum Gasteiger partial charge on any atom is -0.497 e. The molecule has 0 aromatic heterocycles. The van der Waals surface area contributed by atoms with Gasteiger partial charge < -0.3 is 15.4 Å². The smallest absolute Gasteiger partial charge is 0.313 e. The van der Waals surface area contributed by atoms with Gasteiger partial charge in [-0.1, -0.05) is 18.2 Å². The number of nitrogens with one attached hydrogen (secondary N) is 2. The third-order valence-corrected chi connectivity index (χ3v) is 6.15. The zero-order valence-electron chi connectivity index (χ0n) is 15.3. The van der Waals surface area contributed by atoms with Gasteiger partial charge in [-0.2, -0.15) is 0 Å². The number of anilines is 2. The molecule has 28 heavy (non-hydrogen) atoms. The van der Waals surface area contributed by atoms with Crippen molar-refractivity contribution in [2.75, 3.05) is 29.0 Å². The lowest BCUT2D eigenvalue weighted by Gasteiger charge is -2.17. The van der Waals surface area contributed by atoms with E-state index < -0.39 is 21.8 Å². The van der Waals surface area contributed by atoms with Crippen LogP contribution >= 0.6 is 0 Å². The van der Waals surface area contributed by atoms with E-state index in [-0.39, 0.29) is 12.3 Å². The van der Waals surface area contributed by atoms with E-state index in [1.54, 1.807) is 49.6 Å². The molecule has 0 saturated carbocycles. The average Bonchev–Trinajstić information content (AvgIpc) is 3.05. The van der Waals surface area contributed by atoms with Crippen LogP contribution in [-0.2, 0) is 26.2 Å². The van der Waals surface area contributed by atoms with Crippen molar-refractivity contribution in [2.45, 2.75) is 13.0 Å². The van der Waals surface area contributed by atoms with Crippen molar-refractivity contribution in [1.29, 1.82) is 0 Å². The van der Waals surface area contributed by atoms with Crippen LogP contribution in [0.15, 0.2) is 48.5 Å². The second kappa shape index (κ2) is 8.30. The van der Waals surface area contributed by atoms with Crippen LogP contribution in [0.3, 0.4) is 0 Å². The van der Waals surface area contributed by atoms with Gasteiger partial charge in [0.25, 0.3) is 0 Å². The van der Waals surface area contributed by atoms with Crippen molar-refractivity contribution in [3.05, 3.63) is 54.1 Å². The van der Waals surface area contributed by atoms with E-state index in [4.69, 9.17) is 4.74 Å². The fourth-order valence-electron chi connectivity index (χ4n) is 2.90. The standard InChI is InChI=1S/C19H21N3O5S/c1-27-17-8-2-5-14(11-17)13-20-18(23)19(24)21-15-6-3-7-16(12-15)22-9-4-10-28(22,25)26/h2-3,5-8,11-12H,4,9-10,13H2,1H3,(H,20,23)(H,21,24). The van der Waals surface area contributed by atoms with Gasteiger partial charge in [0.2, 0.25) is 10.0 Å². The van der Waals surface area contributed by atoms with E-state index in [9.17, 15) is 18.0 Å². The molecule has 0 unspecified atom stereocenters. The highest BCUT2D eigenvalue weighted by Gasteiger charge is 2.28. The lowest BCUT2D eigenvalue weighted by atomic mass is 10.2. The Kier molecular flexibility index (Phi) is 5.84. The summed E-state index contributed by atoms with van der Waals surface area (Å²) in [6, 6.07) is 13.6. The van der Waals surface area contributed by atoms with Gasteiger partial charge in [-0.15, -0.1) is 0 Å². The SMILES string of the molecule is COc1cccc(CNC(=O)C(=O)Nc2cccc(N3CCCS3(=O)=O)c2)c1. The minimum atomic E-state index is -3.32. The summed E-state index contributed by atoms with van der Waals surface area (Å²) >= 11 is 0. The molecular weight excluding hydrogens is 382 g/mol. The summed E-state index contributed by atoms with van der Waals surface area (Å²) < 4.78 is 30.5. The molecule has 3 rings (SSSR count). The van der Waals surface area contributed by atoms with Crippen LogP contribution in [0, 0.1) is 0 Å². The van der Waals surface area contributed by atoms with Gasteiger partial charge in [0.05, 0.1) is 18.6 Å². The van der Waals surface area contributed by atoms with Gasteiger partial charge in [0, 0.05) is 18.8 Å². The van der Waals surface area contributed by atoms with E-state index in [1.165, 1.54) is 10.4 Å². The maximum Gasteiger partial charge on any atom is 0.313 e. The third-order valence-electron chi connectivity index (χ3n) is 4.28. The molecule has 8 nitrogen and oxygen atoms in total. The fraction of sp³-hybridized carbons (Fsp3) is 0.263. The van der Waals surface area contributed by atoms with Crippen LogP contribution in [0.25, 0.3) is 0 Å². The van der Waals surface area contributed by atoms with Crippen molar-refractivity contribution >= 4 is 33.2 Å². The zero-order valence-corrected chi connectivity index (χ0v) is 16.2. The van der Waals surface area contributed by atoms with Crippen LogP contribution < -0.4 is 19.7 Å². The second-order valence-electron chi connectivity index (χ2n) is 6.28. The topological polar surface area (TPSA) is 105 Å². The fourth-order valence-corrected chi connectivity index (χ4v) is 4.46. The van der Waals surface area contributed by atoms with Gasteiger partial charge in [-0.3, -0.25) is 13.9 Å². The summed E-state index contributed by atoms with van der Waals surface area (Å²) in [5, 5.41) is 5.03. The molecule has 0 spiro atoms. The summed E-state index contributed by atoms with van der Waals surface area (Å²) in [6.07, 6.45) is 0.561. The molecule has 1 aliphatic heterocycles. The molecule has 9 heteroatoms. The molecule has 2 aromatic carbocycles. The Morgan fingerprint density at radius 2 is 1.89 bits per heavy atom. The highest BCUT2D eigenvalue weighted by molar-refractivity contribution is 7.93. The molecule has 0 bridgehead atoms. The van der Waals surface area contributed by atoms with Gasteiger partial charge in [-0.25, -0.2) is 8.42 Å². The first-order valence-electron chi connectivity index (χ1n) is 8.71. The maximum absolute atomic E-state index is 12.1. The first-order chi connectivity index (χ1) is 13.4. The van der Waals surface area contributed by atoms with Crippen molar-refractivity contribution in [1.82, 2.24) is 5.32 Å². The highest BCUT2D eigenvalue weighted by Crippen LogP contribution is 2.26. The molecule has 148 valence electrons. The Balaban J connectivity index is 1.61. The van der Waals surface area contributed by atoms with E-state index in [0.717, 1.165) is 5.56 Å². The molecular formula is C19H21N3O5S. The Bertz CT molecular complexity index is 991. The average molecular weight is 403 g/mol. The molecule has 1 fully saturated rings. The van der Waals surface area contributed by atoms with Gasteiger partial charge >= 0.3 is 11.8 Å². The Morgan fingerprint density at radius 1 is 1.11 bits per heavy atom. The number of hydrogen-bond acceptors (Lipinski definition) is 5. The summed E-state index contributed by atoms with van der Waals surface area (Å²) in [6.45, 7) is 0.580. The van der Waals surface area contributed by atoms with E-state index in [0.29, 0.717) is 30.1 Å². The summed E-state index contributed by atoms with van der Waals surface area (Å²) in [5.41, 5.74) is 1.61. The van der Waals surface area contributed by atoms with Crippen LogP contribution in [0.1, 0.15) is 12.0 Å². The number of amides is 2. The van der Waals surface area contributed by atoms with Crippen LogP contribution in [0.2, 0.25) is 0 Å². The first-order valence-corrected chi connectivity index (χ1v) is 10.3. The predicted octanol–water partition coefficient (Wildman–Crippen LogP) is 1.49. The predicted molar refractivity (Wildman–Crippen MR) is 106 cm³/mol. The molecule has 1 aliphatic rings. The van der Waals surface area contributed by atoms with Crippen molar-refractivity contribution in [3.8, 4) is 5.75 Å². The number of sulfonamides is 1. The second-order valence-corrected chi connectivity index (χ2v) is 8.29. The monoisotopic (exact) mass is 403 g/mol. The zero-order chi connectivity index (χ0) is 20.1. The molecule has 2 aromatic rings. The van der Waals surface area contributed by atoms with Gasteiger partial charge in [-0.05, 0) is 42.3 Å². The van der Waals surface area contributed by atoms with Crippen LogP contribution in [0.5, 0.6) is 5.75 Å². The van der Waals surface area contributed by atoms with Crippen molar-refractivity contribution in [2.24, 2.45) is 0 Å². The lowest BCUT2D eigenvalue weighted by Crippen LogP contribution is -2.35. The van der Waals surface area contributed by atoms with E-state index >= 15 is 0 Å². The largest absolute Gasteiger partial charge is 0.497 e.